The fourth-order valence-electron chi connectivity index (χ4n) is 3.34. The van der Waals surface area contributed by atoms with Gasteiger partial charge in [-0.05, 0) is 48.5 Å². The number of fused-ring (bicyclic) bond motifs is 1. The molecule has 2 aromatic carbocycles. The third kappa shape index (κ3) is 4.55. The van der Waals surface area contributed by atoms with E-state index in [-0.39, 0.29) is 11.5 Å². The number of Topliss-reactive ketones (excluding diaryl/α,β-unsaturated/α-hetero) is 1. The maximum absolute atomic E-state index is 12.9. The third-order valence-electron chi connectivity index (χ3n) is 4.93. The molecular weight excluding hydrogens is 483 g/mol. The second-order valence-corrected chi connectivity index (χ2v) is 8.80. The Morgan fingerprint density at radius 1 is 0.939 bits per heavy atom. The molecule has 1 aliphatic heterocycles. The minimum absolute atomic E-state index is 0.0638. The molecule has 166 valence electrons. The summed E-state index contributed by atoms with van der Waals surface area (Å²) in [4.78, 5) is 17.0. The molecule has 0 unspecified atom stereocenters. The van der Waals surface area contributed by atoms with E-state index in [0.717, 1.165) is 11.3 Å². The molecule has 0 atom stereocenters. The average molecular weight is 499 g/mol. The van der Waals surface area contributed by atoms with Crippen LogP contribution < -0.4 is 9.47 Å². The highest BCUT2D eigenvalue weighted by Crippen LogP contribution is 2.33. The first-order valence-electron chi connectivity index (χ1n) is 9.97. The monoisotopic (exact) mass is 498 g/mol. The number of hydrogen-bond donors (Lipinski definition) is 0. The molecule has 0 fully saturated rings. The summed E-state index contributed by atoms with van der Waals surface area (Å²) in [5.74, 6) is 1.93. The molecule has 2 aromatic heterocycles. The number of halogens is 2. The first-order valence-corrected chi connectivity index (χ1v) is 11.7. The van der Waals surface area contributed by atoms with Crippen molar-refractivity contribution in [1.29, 1.82) is 0 Å². The van der Waals surface area contributed by atoms with Crippen molar-refractivity contribution in [1.82, 2.24) is 19.7 Å². The number of benzene rings is 2. The van der Waals surface area contributed by atoms with Crippen LogP contribution in [-0.4, -0.2) is 44.5 Å². The van der Waals surface area contributed by atoms with Gasteiger partial charge in [0, 0.05) is 23.5 Å². The van der Waals surface area contributed by atoms with Crippen molar-refractivity contribution in [3.63, 3.8) is 0 Å². The topological polar surface area (TPSA) is 79.1 Å². The Morgan fingerprint density at radius 2 is 1.73 bits per heavy atom. The molecule has 5 rings (SSSR count). The lowest BCUT2D eigenvalue weighted by atomic mass is 10.1. The van der Waals surface area contributed by atoms with Crippen LogP contribution in [0.1, 0.15) is 10.4 Å². The van der Waals surface area contributed by atoms with Crippen LogP contribution in [0, 0.1) is 0 Å². The van der Waals surface area contributed by atoms with Crippen molar-refractivity contribution >= 4 is 40.7 Å². The zero-order valence-corrected chi connectivity index (χ0v) is 19.4. The summed E-state index contributed by atoms with van der Waals surface area (Å²) < 4.78 is 13.0. The van der Waals surface area contributed by atoms with Crippen molar-refractivity contribution in [2.24, 2.45) is 0 Å². The summed E-state index contributed by atoms with van der Waals surface area (Å²) >= 11 is 13.7. The molecule has 0 saturated heterocycles. The maximum Gasteiger partial charge on any atom is 0.196 e. The van der Waals surface area contributed by atoms with Gasteiger partial charge in [-0.25, -0.2) is 0 Å². The van der Waals surface area contributed by atoms with Crippen LogP contribution in [0.15, 0.2) is 66.1 Å². The van der Waals surface area contributed by atoms with Gasteiger partial charge in [-0.1, -0.05) is 35.0 Å². The smallest absolute Gasteiger partial charge is 0.196 e. The maximum atomic E-state index is 12.9. The Kier molecular flexibility index (Phi) is 6.22. The molecule has 0 aliphatic carbocycles. The Bertz CT molecular complexity index is 1330. The van der Waals surface area contributed by atoms with Gasteiger partial charge in [0.1, 0.15) is 13.2 Å². The molecule has 0 radical (unpaired) electrons. The van der Waals surface area contributed by atoms with Gasteiger partial charge < -0.3 is 9.47 Å². The van der Waals surface area contributed by atoms with Gasteiger partial charge in [-0.15, -0.1) is 10.2 Å². The SMILES string of the molecule is O=C(CSc1nnc(-c2ccncc2)n1-c1ccc(Cl)c(Cl)c1)c1ccc2c(c1)OCCO2. The lowest BCUT2D eigenvalue weighted by Gasteiger charge is -2.18. The standard InChI is InChI=1S/C23H16Cl2N4O3S/c24-17-3-2-16(12-18(17)25)29-22(14-5-7-26-8-6-14)27-28-23(29)33-13-19(30)15-1-4-20-21(11-15)32-10-9-31-20/h1-8,11-12H,9-10,13H2. The van der Waals surface area contributed by atoms with Crippen molar-refractivity contribution in [3.05, 3.63) is 76.5 Å². The van der Waals surface area contributed by atoms with E-state index in [4.69, 9.17) is 32.7 Å². The first kappa shape index (κ1) is 21.8. The number of hydrogen-bond acceptors (Lipinski definition) is 7. The largest absolute Gasteiger partial charge is 0.486 e. The Labute approximate surface area is 203 Å². The number of carbonyl (C=O) groups excluding carboxylic acids is 1. The van der Waals surface area contributed by atoms with Gasteiger partial charge >= 0.3 is 0 Å². The predicted molar refractivity (Wildman–Crippen MR) is 127 cm³/mol. The van der Waals surface area contributed by atoms with Gasteiger partial charge in [0.15, 0.2) is 28.3 Å². The molecule has 4 aromatic rings. The highest BCUT2D eigenvalue weighted by molar-refractivity contribution is 7.99. The molecule has 0 bridgehead atoms. The number of rotatable bonds is 6. The second kappa shape index (κ2) is 9.43. The van der Waals surface area contributed by atoms with Crippen LogP contribution in [-0.2, 0) is 0 Å². The molecule has 3 heterocycles. The van der Waals surface area contributed by atoms with E-state index >= 15 is 0 Å². The Balaban J connectivity index is 1.45. The molecule has 10 heteroatoms. The van der Waals surface area contributed by atoms with Gasteiger partial charge in [-0.2, -0.15) is 0 Å². The minimum atomic E-state index is -0.0638. The van der Waals surface area contributed by atoms with Crippen LogP contribution in [0.2, 0.25) is 10.0 Å². The summed E-state index contributed by atoms with van der Waals surface area (Å²) in [6.07, 6.45) is 3.36. The van der Waals surface area contributed by atoms with Crippen molar-refractivity contribution in [2.45, 2.75) is 5.16 Å². The van der Waals surface area contributed by atoms with Crippen molar-refractivity contribution < 1.29 is 14.3 Å². The lowest BCUT2D eigenvalue weighted by Crippen LogP contribution is -2.16. The number of carbonyl (C=O) groups is 1. The van der Waals surface area contributed by atoms with E-state index in [0.29, 0.717) is 51.3 Å². The zero-order chi connectivity index (χ0) is 22.8. The quantitative estimate of drug-likeness (QED) is 0.260. The number of ether oxygens (including phenoxy) is 2. The Morgan fingerprint density at radius 3 is 2.52 bits per heavy atom. The number of thioether (sulfide) groups is 1. The van der Waals surface area contributed by atoms with Gasteiger partial charge in [0.25, 0.3) is 0 Å². The van der Waals surface area contributed by atoms with Gasteiger partial charge in [0.2, 0.25) is 0 Å². The number of pyridine rings is 1. The second-order valence-electron chi connectivity index (χ2n) is 7.05. The van der Waals surface area contributed by atoms with E-state index in [1.807, 2.05) is 22.8 Å². The number of aromatic nitrogens is 4. The normalized spacial score (nSPS) is 12.5. The van der Waals surface area contributed by atoms with Crippen LogP contribution in [0.4, 0.5) is 0 Å². The summed E-state index contributed by atoms with van der Waals surface area (Å²) in [5, 5.41) is 10.1. The molecule has 0 amide bonds. The molecule has 33 heavy (non-hydrogen) atoms. The van der Waals surface area contributed by atoms with Crippen LogP contribution in [0.5, 0.6) is 11.5 Å². The molecule has 7 nitrogen and oxygen atoms in total. The van der Waals surface area contributed by atoms with Crippen molar-refractivity contribution in [3.8, 4) is 28.6 Å². The van der Waals surface area contributed by atoms with Gasteiger partial charge in [0.05, 0.1) is 21.5 Å². The molecular formula is C23H16Cl2N4O3S. The highest BCUT2D eigenvalue weighted by atomic mass is 35.5. The van der Waals surface area contributed by atoms with E-state index in [9.17, 15) is 4.79 Å². The number of ketones is 1. The van der Waals surface area contributed by atoms with Crippen LogP contribution >= 0.6 is 35.0 Å². The highest BCUT2D eigenvalue weighted by Gasteiger charge is 2.20. The fraction of sp³-hybridized carbons (Fsp3) is 0.130. The summed E-state index contributed by atoms with van der Waals surface area (Å²) in [5.41, 5.74) is 2.10. The number of nitrogens with zero attached hydrogens (tertiary/aromatic N) is 4. The summed E-state index contributed by atoms with van der Waals surface area (Å²) in [7, 11) is 0. The lowest BCUT2D eigenvalue weighted by molar-refractivity contribution is 0.102. The van der Waals surface area contributed by atoms with E-state index in [1.165, 1.54) is 11.8 Å². The summed E-state index contributed by atoms with van der Waals surface area (Å²) in [6.45, 7) is 0.963. The van der Waals surface area contributed by atoms with Crippen molar-refractivity contribution in [2.75, 3.05) is 19.0 Å². The molecule has 0 N–H and O–H groups in total. The van der Waals surface area contributed by atoms with E-state index < -0.39 is 0 Å². The van der Waals surface area contributed by atoms with E-state index in [2.05, 4.69) is 15.2 Å². The molecule has 1 aliphatic rings. The summed E-state index contributed by atoms with van der Waals surface area (Å²) in [6, 6.07) is 14.2. The Hall–Kier alpha value is -3.07. The minimum Gasteiger partial charge on any atom is -0.486 e. The molecule has 0 spiro atoms. The van der Waals surface area contributed by atoms with Crippen LogP contribution in [0.25, 0.3) is 17.1 Å². The zero-order valence-electron chi connectivity index (χ0n) is 17.1. The fourth-order valence-corrected chi connectivity index (χ4v) is 4.48. The predicted octanol–water partition coefficient (Wildman–Crippen LogP) is 5.38. The van der Waals surface area contributed by atoms with E-state index in [1.54, 1.807) is 42.7 Å². The van der Waals surface area contributed by atoms with Crippen LogP contribution in [0.3, 0.4) is 0 Å². The average Bonchev–Trinajstić information content (AvgIpc) is 3.28. The third-order valence-corrected chi connectivity index (χ3v) is 6.60. The molecule has 0 saturated carbocycles. The van der Waals surface area contributed by atoms with Gasteiger partial charge in [-0.3, -0.25) is 14.3 Å². The first-order chi connectivity index (χ1) is 16.1.